The molecule has 0 aliphatic carbocycles. The van der Waals surface area contributed by atoms with Crippen LogP contribution in [-0.2, 0) is 29.7 Å². The second-order valence-corrected chi connectivity index (χ2v) is 13.7. The average molecular weight is 713 g/mol. The van der Waals surface area contributed by atoms with Gasteiger partial charge in [0.25, 0.3) is 0 Å². The summed E-state index contributed by atoms with van der Waals surface area (Å²) in [5.74, 6) is 0.949. The molecule has 2 amide bonds. The lowest BCUT2D eigenvalue weighted by atomic mass is 9.99. The molecule has 4 N–H and O–H groups in total. The van der Waals surface area contributed by atoms with Gasteiger partial charge < -0.3 is 30.6 Å². The highest BCUT2D eigenvalue weighted by Crippen LogP contribution is 2.42. The fraction of sp³-hybridized carbons (Fsp3) is 0.316. The number of nitrogens with one attached hydrogen (secondary N) is 4. The van der Waals surface area contributed by atoms with E-state index in [0.29, 0.717) is 48.2 Å². The highest BCUT2D eigenvalue weighted by Gasteiger charge is 2.22. The number of aryl methyl sites for hydroxylation is 1. The smallest absolute Gasteiger partial charge is 0.220 e. The first-order chi connectivity index (χ1) is 24.3. The summed E-state index contributed by atoms with van der Waals surface area (Å²) in [6.07, 6.45) is 6.71. The molecule has 5 heterocycles. The Hall–Kier alpha value is -4.48. The van der Waals surface area contributed by atoms with Gasteiger partial charge in [-0.3, -0.25) is 14.6 Å². The van der Waals surface area contributed by atoms with Crippen LogP contribution >= 0.6 is 23.2 Å². The molecule has 2 aromatic carbocycles. The number of rotatable bonds is 12. The number of pyridine rings is 2. The highest BCUT2D eigenvalue weighted by molar-refractivity contribution is 6.39. The SMILES string of the molecule is COc1cc(-c2nccc(-c3cccc(-c4ccc5c(CNC[C@H]6CCC(=O)N6)cn(C)c5n4)c3Cl)c2Cl)ccc1CNC[C@H]1CCC(=O)N1. The van der Waals surface area contributed by atoms with Crippen LogP contribution in [0.15, 0.2) is 67.0 Å². The van der Waals surface area contributed by atoms with Gasteiger partial charge in [-0.1, -0.05) is 53.5 Å². The van der Waals surface area contributed by atoms with E-state index in [4.69, 9.17) is 32.9 Å². The monoisotopic (exact) mass is 711 g/mol. The Morgan fingerprint density at radius 2 is 1.54 bits per heavy atom. The van der Waals surface area contributed by atoms with Gasteiger partial charge >= 0.3 is 0 Å². The summed E-state index contributed by atoms with van der Waals surface area (Å²) in [5.41, 5.74) is 7.54. The molecule has 0 bridgehead atoms. The summed E-state index contributed by atoms with van der Waals surface area (Å²) in [5, 5.41) is 15.0. The van der Waals surface area contributed by atoms with Crippen molar-refractivity contribution in [1.82, 2.24) is 35.8 Å². The van der Waals surface area contributed by atoms with Crippen molar-refractivity contribution in [2.45, 2.75) is 50.9 Å². The van der Waals surface area contributed by atoms with E-state index >= 15 is 0 Å². The van der Waals surface area contributed by atoms with Crippen LogP contribution in [0.25, 0.3) is 44.7 Å². The maximum Gasteiger partial charge on any atom is 0.220 e. The fourth-order valence-corrected chi connectivity index (χ4v) is 7.52. The third kappa shape index (κ3) is 7.07. The Morgan fingerprint density at radius 1 is 0.860 bits per heavy atom. The van der Waals surface area contributed by atoms with Gasteiger partial charge in [0.15, 0.2) is 0 Å². The summed E-state index contributed by atoms with van der Waals surface area (Å²) in [6.45, 7) is 2.70. The third-order valence-corrected chi connectivity index (χ3v) is 10.3. The van der Waals surface area contributed by atoms with E-state index in [1.165, 1.54) is 0 Å². The summed E-state index contributed by atoms with van der Waals surface area (Å²) in [7, 11) is 3.64. The van der Waals surface area contributed by atoms with E-state index < -0.39 is 0 Å². The summed E-state index contributed by atoms with van der Waals surface area (Å²) in [4.78, 5) is 32.7. The zero-order chi connectivity index (χ0) is 34.8. The number of carbonyl (C=O) groups excluding carboxylic acids is 2. The van der Waals surface area contributed by atoms with Gasteiger partial charge in [-0.05, 0) is 42.7 Å². The molecule has 2 fully saturated rings. The highest BCUT2D eigenvalue weighted by atomic mass is 35.5. The maximum absolute atomic E-state index is 11.5. The molecule has 50 heavy (non-hydrogen) atoms. The Morgan fingerprint density at radius 3 is 2.22 bits per heavy atom. The number of carbonyl (C=O) groups is 2. The number of aromatic nitrogens is 3. The topological polar surface area (TPSA) is 122 Å². The van der Waals surface area contributed by atoms with Crippen LogP contribution in [0.5, 0.6) is 5.75 Å². The van der Waals surface area contributed by atoms with Gasteiger partial charge in [-0.2, -0.15) is 0 Å². The van der Waals surface area contributed by atoms with Crippen LogP contribution in [0.3, 0.4) is 0 Å². The van der Waals surface area contributed by atoms with Crippen LogP contribution in [0, 0.1) is 0 Å². The largest absolute Gasteiger partial charge is 0.496 e. The van der Waals surface area contributed by atoms with Crippen molar-refractivity contribution in [2.75, 3.05) is 20.2 Å². The molecular formula is C38H39Cl2N7O3. The number of benzene rings is 2. The first-order valence-corrected chi connectivity index (χ1v) is 17.6. The molecule has 10 nitrogen and oxygen atoms in total. The number of methoxy groups -OCH3 is 1. The Kier molecular flexibility index (Phi) is 10.1. The molecule has 2 aliphatic rings. The zero-order valence-electron chi connectivity index (χ0n) is 28.0. The van der Waals surface area contributed by atoms with Crippen LogP contribution in [0.4, 0.5) is 0 Å². The van der Waals surface area contributed by atoms with Crippen molar-refractivity contribution in [1.29, 1.82) is 0 Å². The molecule has 0 saturated carbocycles. The molecule has 0 unspecified atom stereocenters. The van der Waals surface area contributed by atoms with E-state index in [9.17, 15) is 9.59 Å². The van der Waals surface area contributed by atoms with Crippen molar-refractivity contribution in [3.05, 3.63) is 88.2 Å². The second kappa shape index (κ2) is 14.8. The van der Waals surface area contributed by atoms with E-state index in [-0.39, 0.29) is 23.9 Å². The van der Waals surface area contributed by atoms with Crippen molar-refractivity contribution in [3.8, 4) is 39.4 Å². The third-order valence-electron chi connectivity index (χ3n) is 9.50. The predicted octanol–water partition coefficient (Wildman–Crippen LogP) is 6.02. The first-order valence-electron chi connectivity index (χ1n) is 16.8. The standard InChI is InChI=1S/C38H39Cl2N7O3/c1-47-21-24(18-42-20-26-9-13-34(49)45-26)27-10-11-31(46-38(27)47)30-5-3-4-28(35(30)39)29-14-15-43-37(36(29)40)22-6-7-23(32(16-22)50-2)17-41-19-25-8-12-33(48)44-25/h3-7,10-11,14-16,21,25-26,41-42H,8-9,12-13,17-20H2,1-2H3,(H,44,48)(H,45,49)/t25-,26-/m1/s1. The number of hydrogen-bond acceptors (Lipinski definition) is 7. The molecular weight excluding hydrogens is 673 g/mol. The van der Waals surface area contributed by atoms with E-state index in [1.54, 1.807) is 13.3 Å². The van der Waals surface area contributed by atoms with Crippen LogP contribution in [-0.4, -0.2) is 58.6 Å². The van der Waals surface area contributed by atoms with E-state index in [0.717, 1.165) is 75.2 Å². The predicted molar refractivity (Wildman–Crippen MR) is 197 cm³/mol. The number of ether oxygens (including phenoxy) is 1. The van der Waals surface area contributed by atoms with E-state index in [1.807, 2.05) is 60.1 Å². The van der Waals surface area contributed by atoms with Gasteiger partial charge in [0.05, 0.1) is 28.5 Å². The molecule has 5 aromatic rings. The van der Waals surface area contributed by atoms with Gasteiger partial charge in [0.1, 0.15) is 11.4 Å². The summed E-state index contributed by atoms with van der Waals surface area (Å²) < 4.78 is 7.77. The molecule has 0 spiro atoms. The van der Waals surface area contributed by atoms with Crippen molar-refractivity contribution < 1.29 is 14.3 Å². The molecule has 3 aromatic heterocycles. The van der Waals surface area contributed by atoms with Gasteiger partial charge in [0.2, 0.25) is 11.8 Å². The van der Waals surface area contributed by atoms with Crippen LogP contribution in [0.2, 0.25) is 10.0 Å². The minimum absolute atomic E-state index is 0.107. The van der Waals surface area contributed by atoms with Crippen LogP contribution < -0.4 is 26.0 Å². The lowest BCUT2D eigenvalue weighted by molar-refractivity contribution is -0.120. The molecule has 2 aliphatic heterocycles. The lowest BCUT2D eigenvalue weighted by Crippen LogP contribution is -2.35. The Balaban J connectivity index is 1.11. The minimum Gasteiger partial charge on any atom is -0.496 e. The van der Waals surface area contributed by atoms with E-state index in [2.05, 4.69) is 38.5 Å². The Bertz CT molecular complexity index is 2080. The Labute approximate surface area is 300 Å². The number of amides is 2. The average Bonchev–Trinajstić information content (AvgIpc) is 3.83. The number of halogens is 2. The minimum atomic E-state index is 0.107. The van der Waals surface area contributed by atoms with Crippen LogP contribution in [0.1, 0.15) is 36.8 Å². The molecule has 0 radical (unpaired) electrons. The lowest BCUT2D eigenvalue weighted by Gasteiger charge is -2.16. The first kappa shape index (κ1) is 34.0. The number of hydrogen-bond donors (Lipinski definition) is 4. The fourth-order valence-electron chi connectivity index (χ4n) is 6.87. The molecule has 2 atom stereocenters. The quantitative estimate of drug-likeness (QED) is 0.125. The second-order valence-electron chi connectivity index (χ2n) is 12.9. The van der Waals surface area contributed by atoms with Crippen molar-refractivity contribution in [2.24, 2.45) is 7.05 Å². The van der Waals surface area contributed by atoms with Gasteiger partial charge in [0, 0.05) is 104 Å². The normalized spacial score (nSPS) is 17.4. The zero-order valence-corrected chi connectivity index (χ0v) is 29.5. The molecule has 7 rings (SSSR count). The molecule has 258 valence electrons. The number of fused-ring (bicyclic) bond motifs is 1. The van der Waals surface area contributed by atoms with Crippen molar-refractivity contribution >= 4 is 46.0 Å². The van der Waals surface area contributed by atoms with Crippen molar-refractivity contribution in [3.63, 3.8) is 0 Å². The molecule has 12 heteroatoms. The van der Waals surface area contributed by atoms with Gasteiger partial charge in [-0.15, -0.1) is 0 Å². The maximum atomic E-state index is 11.5. The number of nitrogens with zero attached hydrogens (tertiary/aromatic N) is 3. The summed E-state index contributed by atoms with van der Waals surface area (Å²) >= 11 is 14.2. The van der Waals surface area contributed by atoms with Gasteiger partial charge in [-0.25, -0.2) is 4.98 Å². The molecule has 2 saturated heterocycles. The summed E-state index contributed by atoms with van der Waals surface area (Å²) in [6, 6.07) is 18.1.